The first-order valence-corrected chi connectivity index (χ1v) is 7.16. The third-order valence-electron chi connectivity index (χ3n) is 2.73. The van der Waals surface area contributed by atoms with E-state index in [1.807, 2.05) is 28.9 Å². The lowest BCUT2D eigenvalue weighted by molar-refractivity contribution is 0.648. The van der Waals surface area contributed by atoms with Gasteiger partial charge in [-0.3, -0.25) is 5.01 Å². The summed E-state index contributed by atoms with van der Waals surface area (Å²) in [4.78, 5) is 0. The zero-order valence-electron chi connectivity index (χ0n) is 10.4. The van der Waals surface area contributed by atoms with E-state index < -0.39 is 0 Å². The normalized spacial score (nSPS) is 10.1. The third kappa shape index (κ3) is 3.55. The second kappa shape index (κ2) is 6.90. The number of alkyl halides is 1. The highest BCUT2D eigenvalue weighted by molar-refractivity contribution is 9.09. The molecular weight excluding hydrogens is 306 g/mol. The van der Waals surface area contributed by atoms with Gasteiger partial charge in [0, 0.05) is 11.9 Å². The number of rotatable bonds is 6. The largest absolute Gasteiger partial charge is 0.279 e. The molecule has 0 N–H and O–H groups in total. The summed E-state index contributed by atoms with van der Waals surface area (Å²) in [6, 6.07) is 9.63. The fourth-order valence-electron chi connectivity index (χ4n) is 1.76. The van der Waals surface area contributed by atoms with E-state index >= 15 is 0 Å². The van der Waals surface area contributed by atoms with E-state index in [2.05, 4.69) is 37.2 Å². The minimum atomic E-state index is 0.660. The molecule has 98 valence electrons. The molecule has 0 amide bonds. The number of nitriles is 1. The summed E-state index contributed by atoms with van der Waals surface area (Å²) in [7, 11) is 0. The van der Waals surface area contributed by atoms with Crippen LogP contribution in [0.15, 0.2) is 36.9 Å². The van der Waals surface area contributed by atoms with Gasteiger partial charge in [0.05, 0.1) is 17.3 Å². The van der Waals surface area contributed by atoms with Gasteiger partial charge in [0.25, 0.3) is 0 Å². The Bertz CT molecular complexity index is 529. The van der Waals surface area contributed by atoms with Crippen molar-refractivity contribution in [1.82, 2.24) is 14.9 Å². The molecule has 0 aliphatic rings. The van der Waals surface area contributed by atoms with Crippen molar-refractivity contribution in [2.45, 2.75) is 12.8 Å². The maximum Gasteiger partial charge on any atom is 0.139 e. The number of nitrogens with zero attached hydrogens (tertiary/aromatic N) is 5. The van der Waals surface area contributed by atoms with Gasteiger partial charge in [-0.25, -0.2) is 4.68 Å². The number of hydrogen-bond donors (Lipinski definition) is 0. The second-order valence-corrected chi connectivity index (χ2v) is 4.81. The molecule has 0 radical (unpaired) electrons. The van der Waals surface area contributed by atoms with Gasteiger partial charge >= 0.3 is 0 Å². The van der Waals surface area contributed by atoms with Crippen LogP contribution in [-0.2, 0) is 0 Å². The zero-order valence-corrected chi connectivity index (χ0v) is 12.0. The van der Waals surface area contributed by atoms with Crippen LogP contribution in [0, 0.1) is 11.3 Å². The van der Waals surface area contributed by atoms with Crippen molar-refractivity contribution >= 4 is 21.6 Å². The molecule has 2 rings (SSSR count). The van der Waals surface area contributed by atoms with Crippen molar-refractivity contribution in [2.75, 3.05) is 16.9 Å². The van der Waals surface area contributed by atoms with Crippen LogP contribution < -0.4 is 5.01 Å². The predicted molar refractivity (Wildman–Crippen MR) is 77.0 cm³/mol. The maximum absolute atomic E-state index is 8.83. The molecule has 0 saturated carbocycles. The SMILES string of the molecule is N#Cc1ccc(N(CCCCBr)n2cnnc2)cc1. The molecule has 19 heavy (non-hydrogen) atoms. The molecule has 0 aliphatic carbocycles. The van der Waals surface area contributed by atoms with Gasteiger partial charge in [0.1, 0.15) is 12.7 Å². The fraction of sp³-hybridized carbons (Fsp3) is 0.308. The summed E-state index contributed by atoms with van der Waals surface area (Å²) < 4.78 is 1.86. The Hall–Kier alpha value is -1.87. The van der Waals surface area contributed by atoms with Crippen molar-refractivity contribution in [3.8, 4) is 6.07 Å². The highest BCUT2D eigenvalue weighted by Crippen LogP contribution is 2.16. The van der Waals surface area contributed by atoms with Crippen molar-refractivity contribution in [3.63, 3.8) is 0 Å². The van der Waals surface area contributed by atoms with Crippen molar-refractivity contribution in [1.29, 1.82) is 5.26 Å². The van der Waals surface area contributed by atoms with E-state index in [0.717, 1.165) is 30.4 Å². The Kier molecular flexibility index (Phi) is 4.93. The van der Waals surface area contributed by atoms with E-state index in [-0.39, 0.29) is 0 Å². The summed E-state index contributed by atoms with van der Waals surface area (Å²) >= 11 is 3.44. The zero-order chi connectivity index (χ0) is 13.5. The molecule has 0 saturated heterocycles. The first-order valence-electron chi connectivity index (χ1n) is 6.03. The molecule has 6 heteroatoms. The highest BCUT2D eigenvalue weighted by atomic mass is 79.9. The fourth-order valence-corrected chi connectivity index (χ4v) is 2.16. The minimum absolute atomic E-state index is 0.660. The molecular formula is C13H14BrN5. The molecule has 0 aliphatic heterocycles. The number of hydrogen-bond acceptors (Lipinski definition) is 4. The molecule has 2 aromatic rings. The van der Waals surface area contributed by atoms with Gasteiger partial charge in [-0.05, 0) is 37.1 Å². The summed E-state index contributed by atoms with van der Waals surface area (Å²) in [6.45, 7) is 0.871. The van der Waals surface area contributed by atoms with Crippen molar-refractivity contribution in [2.24, 2.45) is 0 Å². The van der Waals surface area contributed by atoms with Crippen LogP contribution in [0.3, 0.4) is 0 Å². The van der Waals surface area contributed by atoms with Crippen LogP contribution in [0.4, 0.5) is 5.69 Å². The number of aromatic nitrogens is 3. The molecule has 0 spiro atoms. The van der Waals surface area contributed by atoms with Crippen molar-refractivity contribution < 1.29 is 0 Å². The lowest BCUT2D eigenvalue weighted by Gasteiger charge is -2.24. The molecule has 0 bridgehead atoms. The van der Waals surface area contributed by atoms with E-state index in [4.69, 9.17) is 5.26 Å². The summed E-state index contributed by atoms with van der Waals surface area (Å²) in [5.41, 5.74) is 1.68. The summed E-state index contributed by atoms with van der Waals surface area (Å²) in [5, 5.41) is 19.6. The van der Waals surface area contributed by atoms with E-state index in [1.54, 1.807) is 12.7 Å². The summed E-state index contributed by atoms with van der Waals surface area (Å²) in [6.07, 6.45) is 5.51. The van der Waals surface area contributed by atoms with Crippen LogP contribution in [-0.4, -0.2) is 26.7 Å². The minimum Gasteiger partial charge on any atom is -0.279 e. The van der Waals surface area contributed by atoms with E-state index in [9.17, 15) is 0 Å². The molecule has 0 fully saturated rings. The first-order chi connectivity index (χ1) is 9.35. The van der Waals surface area contributed by atoms with E-state index in [0.29, 0.717) is 5.56 Å². The summed E-state index contributed by atoms with van der Waals surface area (Å²) in [5.74, 6) is 0. The number of halogens is 1. The topological polar surface area (TPSA) is 57.7 Å². The lowest BCUT2D eigenvalue weighted by atomic mass is 10.2. The van der Waals surface area contributed by atoms with E-state index in [1.165, 1.54) is 0 Å². The molecule has 1 heterocycles. The monoisotopic (exact) mass is 319 g/mol. The Morgan fingerprint density at radius 2 is 1.84 bits per heavy atom. The van der Waals surface area contributed by atoms with Gasteiger partial charge < -0.3 is 0 Å². The van der Waals surface area contributed by atoms with Gasteiger partial charge in [0.2, 0.25) is 0 Å². The molecule has 5 nitrogen and oxygen atoms in total. The van der Waals surface area contributed by atoms with Gasteiger partial charge in [-0.1, -0.05) is 15.9 Å². The molecule has 1 aromatic carbocycles. The molecule has 1 aromatic heterocycles. The average molecular weight is 320 g/mol. The predicted octanol–water partition coefficient (Wildman–Crippen LogP) is 2.59. The number of anilines is 1. The van der Waals surface area contributed by atoms with Crippen LogP contribution in [0.2, 0.25) is 0 Å². The third-order valence-corrected chi connectivity index (χ3v) is 3.29. The van der Waals surface area contributed by atoms with Crippen LogP contribution in [0.25, 0.3) is 0 Å². The quantitative estimate of drug-likeness (QED) is 0.606. The number of unbranched alkanes of at least 4 members (excludes halogenated alkanes) is 1. The Morgan fingerprint density at radius 3 is 2.42 bits per heavy atom. The lowest BCUT2D eigenvalue weighted by Crippen LogP contribution is -2.29. The average Bonchev–Trinajstić information content (AvgIpc) is 2.98. The van der Waals surface area contributed by atoms with Gasteiger partial charge in [-0.2, -0.15) is 5.26 Å². The Balaban J connectivity index is 2.18. The maximum atomic E-state index is 8.83. The number of benzene rings is 1. The van der Waals surface area contributed by atoms with Crippen molar-refractivity contribution in [3.05, 3.63) is 42.5 Å². The highest BCUT2D eigenvalue weighted by Gasteiger charge is 2.08. The van der Waals surface area contributed by atoms with Crippen LogP contribution in [0.5, 0.6) is 0 Å². The Morgan fingerprint density at radius 1 is 1.16 bits per heavy atom. The van der Waals surface area contributed by atoms with Gasteiger partial charge in [0.15, 0.2) is 0 Å². The first kappa shape index (κ1) is 13.6. The van der Waals surface area contributed by atoms with Gasteiger partial charge in [-0.15, -0.1) is 10.2 Å². The smallest absolute Gasteiger partial charge is 0.139 e. The Labute approximate surface area is 120 Å². The molecule has 0 unspecified atom stereocenters. The second-order valence-electron chi connectivity index (χ2n) is 4.02. The standard InChI is InChI=1S/C13H14BrN5/c14-7-1-2-8-19(18-10-16-17-11-18)13-5-3-12(9-15)4-6-13/h3-6,10-11H,1-2,7-8H2. The van der Waals surface area contributed by atoms with Crippen LogP contribution in [0.1, 0.15) is 18.4 Å². The van der Waals surface area contributed by atoms with Crippen LogP contribution >= 0.6 is 15.9 Å². The molecule has 0 atom stereocenters.